The van der Waals surface area contributed by atoms with Crippen LogP contribution in [0.15, 0.2) is 22.7 Å². The van der Waals surface area contributed by atoms with Gasteiger partial charge in [-0.15, -0.1) is 0 Å². The standard InChI is InChI=1S/C12H13BrN2O3/c1-14-7-11(16)15(5-4-12(17)18)9-3-2-8(13)6-10(9)14/h2-3,6H,4-5,7H2,1H3,(H,17,18). The van der Waals surface area contributed by atoms with Crippen LogP contribution in [-0.4, -0.2) is 37.1 Å². The first-order chi connectivity index (χ1) is 8.49. The molecule has 1 aromatic rings. The maximum Gasteiger partial charge on any atom is 0.305 e. The highest BCUT2D eigenvalue weighted by atomic mass is 79.9. The molecule has 0 radical (unpaired) electrons. The van der Waals surface area contributed by atoms with E-state index in [-0.39, 0.29) is 25.4 Å². The number of anilines is 2. The van der Waals surface area contributed by atoms with E-state index in [9.17, 15) is 9.59 Å². The fourth-order valence-corrected chi connectivity index (χ4v) is 2.34. The van der Waals surface area contributed by atoms with Crippen molar-refractivity contribution in [2.75, 3.05) is 29.9 Å². The van der Waals surface area contributed by atoms with Gasteiger partial charge in [-0.3, -0.25) is 9.59 Å². The van der Waals surface area contributed by atoms with Gasteiger partial charge in [0.25, 0.3) is 0 Å². The second-order valence-electron chi connectivity index (χ2n) is 4.18. The third-order valence-electron chi connectivity index (χ3n) is 2.86. The number of carbonyl (C=O) groups is 2. The maximum atomic E-state index is 11.9. The highest BCUT2D eigenvalue weighted by Gasteiger charge is 2.27. The summed E-state index contributed by atoms with van der Waals surface area (Å²) >= 11 is 3.39. The molecule has 1 heterocycles. The van der Waals surface area contributed by atoms with Gasteiger partial charge in [-0.25, -0.2) is 0 Å². The molecular weight excluding hydrogens is 300 g/mol. The van der Waals surface area contributed by atoms with Crippen molar-refractivity contribution in [3.05, 3.63) is 22.7 Å². The summed E-state index contributed by atoms with van der Waals surface area (Å²) in [6.45, 7) is 0.472. The van der Waals surface area contributed by atoms with Gasteiger partial charge in [0.2, 0.25) is 5.91 Å². The third kappa shape index (κ3) is 2.48. The molecule has 2 rings (SSSR count). The van der Waals surface area contributed by atoms with E-state index >= 15 is 0 Å². The zero-order valence-electron chi connectivity index (χ0n) is 9.89. The molecule has 1 aromatic carbocycles. The Labute approximate surface area is 113 Å². The molecule has 5 nitrogen and oxygen atoms in total. The molecule has 0 aromatic heterocycles. The number of amides is 1. The van der Waals surface area contributed by atoms with Crippen molar-refractivity contribution >= 4 is 39.2 Å². The molecule has 1 N–H and O–H groups in total. The molecule has 0 spiro atoms. The fourth-order valence-electron chi connectivity index (χ4n) is 1.99. The Morgan fingerprint density at radius 1 is 1.44 bits per heavy atom. The van der Waals surface area contributed by atoms with Crippen LogP contribution in [0.25, 0.3) is 0 Å². The number of hydrogen-bond acceptors (Lipinski definition) is 3. The minimum atomic E-state index is -0.902. The monoisotopic (exact) mass is 312 g/mol. The highest BCUT2D eigenvalue weighted by Crippen LogP contribution is 2.35. The molecule has 18 heavy (non-hydrogen) atoms. The average molecular weight is 313 g/mol. The number of carbonyl (C=O) groups excluding carboxylic acids is 1. The van der Waals surface area contributed by atoms with Crippen LogP contribution in [0.3, 0.4) is 0 Å². The van der Waals surface area contributed by atoms with E-state index in [0.717, 1.165) is 15.8 Å². The molecule has 0 saturated carbocycles. The van der Waals surface area contributed by atoms with Crippen LogP contribution in [-0.2, 0) is 9.59 Å². The zero-order chi connectivity index (χ0) is 13.3. The van der Waals surface area contributed by atoms with E-state index in [2.05, 4.69) is 15.9 Å². The van der Waals surface area contributed by atoms with Crippen LogP contribution in [0.2, 0.25) is 0 Å². The summed E-state index contributed by atoms with van der Waals surface area (Å²) in [5, 5.41) is 8.72. The lowest BCUT2D eigenvalue weighted by Crippen LogP contribution is -2.45. The Bertz CT molecular complexity index is 504. The van der Waals surface area contributed by atoms with Crippen LogP contribution in [0, 0.1) is 0 Å². The van der Waals surface area contributed by atoms with Crippen molar-refractivity contribution < 1.29 is 14.7 Å². The van der Waals surface area contributed by atoms with Crippen LogP contribution >= 0.6 is 15.9 Å². The number of fused-ring (bicyclic) bond motifs is 1. The molecule has 0 aliphatic carbocycles. The first-order valence-electron chi connectivity index (χ1n) is 5.52. The molecule has 96 valence electrons. The fraction of sp³-hybridized carbons (Fsp3) is 0.333. The zero-order valence-corrected chi connectivity index (χ0v) is 11.5. The third-order valence-corrected chi connectivity index (χ3v) is 3.36. The lowest BCUT2D eigenvalue weighted by atomic mass is 10.1. The number of nitrogens with zero attached hydrogens (tertiary/aromatic N) is 2. The predicted octanol–water partition coefficient (Wildman–Crippen LogP) is 1.71. The van der Waals surface area contributed by atoms with E-state index in [1.54, 1.807) is 0 Å². The summed E-state index contributed by atoms with van der Waals surface area (Å²) in [6.07, 6.45) is -0.0506. The first kappa shape index (κ1) is 12.9. The predicted molar refractivity (Wildman–Crippen MR) is 72.0 cm³/mol. The molecule has 0 fully saturated rings. The summed E-state index contributed by atoms with van der Waals surface area (Å²) in [4.78, 5) is 26.0. The number of hydrogen-bond donors (Lipinski definition) is 1. The molecule has 1 aliphatic rings. The Morgan fingerprint density at radius 3 is 2.83 bits per heavy atom. The normalized spacial score (nSPS) is 14.7. The smallest absolute Gasteiger partial charge is 0.305 e. The van der Waals surface area contributed by atoms with Crippen LogP contribution in [0.1, 0.15) is 6.42 Å². The Balaban J connectivity index is 2.34. The second-order valence-corrected chi connectivity index (χ2v) is 5.09. The van der Waals surface area contributed by atoms with Gasteiger partial charge in [0.05, 0.1) is 24.3 Å². The number of aliphatic carboxylic acids is 1. The van der Waals surface area contributed by atoms with E-state index in [1.807, 2.05) is 30.1 Å². The quantitative estimate of drug-likeness (QED) is 0.923. The summed E-state index contributed by atoms with van der Waals surface area (Å²) in [6, 6.07) is 5.60. The highest BCUT2D eigenvalue weighted by molar-refractivity contribution is 9.10. The number of rotatable bonds is 3. The Kier molecular flexibility index (Phi) is 3.56. The number of carboxylic acid groups (broad SMARTS) is 1. The molecule has 0 atom stereocenters. The van der Waals surface area contributed by atoms with Gasteiger partial charge >= 0.3 is 5.97 Å². The van der Waals surface area contributed by atoms with E-state index < -0.39 is 5.97 Å². The van der Waals surface area contributed by atoms with Gasteiger partial charge in [0.15, 0.2) is 0 Å². The molecule has 0 bridgehead atoms. The van der Waals surface area contributed by atoms with Crippen LogP contribution in [0.5, 0.6) is 0 Å². The Hall–Kier alpha value is -1.56. The van der Waals surface area contributed by atoms with Crippen molar-refractivity contribution in [1.29, 1.82) is 0 Å². The van der Waals surface area contributed by atoms with Gasteiger partial charge in [0.1, 0.15) is 0 Å². The van der Waals surface area contributed by atoms with Gasteiger partial charge in [-0.1, -0.05) is 15.9 Å². The average Bonchev–Trinajstić information content (AvgIpc) is 2.29. The molecule has 0 unspecified atom stereocenters. The first-order valence-corrected chi connectivity index (χ1v) is 6.31. The summed E-state index contributed by atoms with van der Waals surface area (Å²) in [5.74, 6) is -0.978. The van der Waals surface area contributed by atoms with E-state index in [1.165, 1.54) is 4.90 Å². The molecule has 1 aliphatic heterocycles. The van der Waals surface area contributed by atoms with Crippen LogP contribution < -0.4 is 9.80 Å². The molecular formula is C12H13BrN2O3. The van der Waals surface area contributed by atoms with Gasteiger partial charge in [0, 0.05) is 18.1 Å². The SMILES string of the molecule is CN1CC(=O)N(CCC(=O)O)c2ccc(Br)cc21. The van der Waals surface area contributed by atoms with Crippen molar-refractivity contribution in [3.8, 4) is 0 Å². The van der Waals surface area contributed by atoms with Crippen molar-refractivity contribution in [1.82, 2.24) is 0 Å². The van der Waals surface area contributed by atoms with E-state index in [0.29, 0.717) is 0 Å². The Morgan fingerprint density at radius 2 is 2.17 bits per heavy atom. The second kappa shape index (κ2) is 4.97. The van der Waals surface area contributed by atoms with Crippen molar-refractivity contribution in [2.45, 2.75) is 6.42 Å². The summed E-state index contributed by atoms with van der Waals surface area (Å²) < 4.78 is 0.931. The number of halogens is 1. The lowest BCUT2D eigenvalue weighted by Gasteiger charge is -2.35. The minimum absolute atomic E-state index is 0.0506. The van der Waals surface area contributed by atoms with Gasteiger partial charge < -0.3 is 14.9 Å². The molecule has 1 amide bonds. The topological polar surface area (TPSA) is 60.9 Å². The van der Waals surface area contributed by atoms with Gasteiger partial charge in [-0.05, 0) is 18.2 Å². The van der Waals surface area contributed by atoms with Crippen LogP contribution in [0.4, 0.5) is 11.4 Å². The number of carboxylic acids is 1. The summed E-state index contributed by atoms with van der Waals surface area (Å²) in [5.41, 5.74) is 1.69. The minimum Gasteiger partial charge on any atom is -0.481 e. The number of likely N-dealkylation sites (N-methyl/N-ethyl adjacent to an activating group) is 1. The largest absolute Gasteiger partial charge is 0.481 e. The van der Waals surface area contributed by atoms with Gasteiger partial charge in [-0.2, -0.15) is 0 Å². The van der Waals surface area contributed by atoms with Crippen molar-refractivity contribution in [2.24, 2.45) is 0 Å². The summed E-state index contributed by atoms with van der Waals surface area (Å²) in [7, 11) is 1.84. The van der Waals surface area contributed by atoms with Crippen molar-refractivity contribution in [3.63, 3.8) is 0 Å². The maximum absolute atomic E-state index is 11.9. The molecule has 0 saturated heterocycles. The number of benzene rings is 1. The van der Waals surface area contributed by atoms with E-state index in [4.69, 9.17) is 5.11 Å². The molecule has 6 heteroatoms. The lowest BCUT2D eigenvalue weighted by molar-refractivity contribution is -0.136.